The molecular weight excluding hydrogens is 343 g/mol. The Labute approximate surface area is 150 Å². The van der Waals surface area contributed by atoms with E-state index >= 15 is 0 Å². The third-order valence-electron chi connectivity index (χ3n) is 4.24. The molecule has 138 valence electrons. The SMILES string of the molecule is CC(=NNc1ccccc1C(F)(F)F)c1ccc(N2CCOCC2)cc1. The maximum atomic E-state index is 13.0. The number of rotatable bonds is 4. The van der Waals surface area contributed by atoms with Crippen LogP contribution in [-0.2, 0) is 10.9 Å². The smallest absolute Gasteiger partial charge is 0.378 e. The van der Waals surface area contributed by atoms with Crippen LogP contribution in [0.5, 0.6) is 0 Å². The van der Waals surface area contributed by atoms with E-state index in [1.165, 1.54) is 12.1 Å². The summed E-state index contributed by atoms with van der Waals surface area (Å²) in [5.41, 5.74) is 4.29. The fourth-order valence-corrected chi connectivity index (χ4v) is 2.77. The summed E-state index contributed by atoms with van der Waals surface area (Å²) in [5, 5.41) is 4.11. The molecule has 3 rings (SSSR count). The van der Waals surface area contributed by atoms with E-state index in [1.54, 1.807) is 13.0 Å². The van der Waals surface area contributed by atoms with Crippen LogP contribution < -0.4 is 10.3 Å². The van der Waals surface area contributed by atoms with Crippen LogP contribution in [0.1, 0.15) is 18.1 Å². The predicted molar refractivity (Wildman–Crippen MR) is 96.8 cm³/mol. The monoisotopic (exact) mass is 363 g/mol. The van der Waals surface area contributed by atoms with Crippen LogP contribution in [0, 0.1) is 0 Å². The molecule has 0 radical (unpaired) electrons. The molecule has 0 atom stereocenters. The highest BCUT2D eigenvalue weighted by atomic mass is 19.4. The van der Waals surface area contributed by atoms with Crippen molar-refractivity contribution < 1.29 is 17.9 Å². The van der Waals surface area contributed by atoms with Crippen LogP contribution in [0.25, 0.3) is 0 Å². The highest BCUT2D eigenvalue weighted by Gasteiger charge is 2.33. The largest absolute Gasteiger partial charge is 0.418 e. The second-order valence-corrected chi connectivity index (χ2v) is 6.00. The number of alkyl halides is 3. The van der Waals surface area contributed by atoms with Crippen molar-refractivity contribution in [2.24, 2.45) is 5.10 Å². The zero-order valence-corrected chi connectivity index (χ0v) is 14.4. The number of anilines is 2. The van der Waals surface area contributed by atoms with E-state index in [0.717, 1.165) is 30.4 Å². The maximum Gasteiger partial charge on any atom is 0.418 e. The number of hydrazone groups is 1. The molecule has 1 aliphatic rings. The van der Waals surface area contributed by atoms with Crippen molar-refractivity contribution in [3.63, 3.8) is 0 Å². The highest BCUT2D eigenvalue weighted by Crippen LogP contribution is 2.34. The van der Waals surface area contributed by atoms with Crippen LogP contribution in [-0.4, -0.2) is 32.0 Å². The van der Waals surface area contributed by atoms with E-state index in [1.807, 2.05) is 24.3 Å². The first-order valence-corrected chi connectivity index (χ1v) is 8.35. The minimum Gasteiger partial charge on any atom is -0.378 e. The Bertz CT molecular complexity index is 766. The Morgan fingerprint density at radius 1 is 1.04 bits per heavy atom. The van der Waals surface area contributed by atoms with E-state index in [0.29, 0.717) is 18.9 Å². The normalized spacial score (nSPS) is 15.8. The Hall–Kier alpha value is -2.54. The van der Waals surface area contributed by atoms with Crippen molar-refractivity contribution in [1.29, 1.82) is 0 Å². The van der Waals surface area contributed by atoms with Gasteiger partial charge in [-0.05, 0) is 36.8 Å². The van der Waals surface area contributed by atoms with Gasteiger partial charge in [-0.1, -0.05) is 24.3 Å². The van der Waals surface area contributed by atoms with Gasteiger partial charge in [-0.25, -0.2) is 0 Å². The Morgan fingerprint density at radius 2 is 1.69 bits per heavy atom. The molecule has 0 amide bonds. The fourth-order valence-electron chi connectivity index (χ4n) is 2.77. The molecule has 0 unspecified atom stereocenters. The van der Waals surface area contributed by atoms with Crippen LogP contribution in [0.3, 0.4) is 0 Å². The average Bonchev–Trinajstić information content (AvgIpc) is 2.66. The molecule has 4 nitrogen and oxygen atoms in total. The van der Waals surface area contributed by atoms with Gasteiger partial charge in [0.05, 0.1) is 30.2 Å². The van der Waals surface area contributed by atoms with Gasteiger partial charge >= 0.3 is 6.18 Å². The van der Waals surface area contributed by atoms with Gasteiger partial charge in [0, 0.05) is 18.8 Å². The lowest BCUT2D eigenvalue weighted by molar-refractivity contribution is -0.136. The summed E-state index contributed by atoms with van der Waals surface area (Å²) >= 11 is 0. The van der Waals surface area contributed by atoms with E-state index in [2.05, 4.69) is 15.4 Å². The molecular formula is C19H20F3N3O. The molecule has 26 heavy (non-hydrogen) atoms. The standard InChI is InChI=1S/C19H20F3N3O/c1-14(23-24-18-5-3-2-4-17(18)19(20,21)22)15-6-8-16(9-7-15)25-10-12-26-13-11-25/h2-9,24H,10-13H2,1H3. The van der Waals surface area contributed by atoms with Gasteiger partial charge in [-0.3, -0.25) is 5.43 Å². The molecule has 0 aromatic heterocycles. The Balaban J connectivity index is 1.72. The minimum atomic E-state index is -4.42. The number of benzene rings is 2. The van der Waals surface area contributed by atoms with Crippen LogP contribution in [0.2, 0.25) is 0 Å². The molecule has 1 fully saturated rings. The van der Waals surface area contributed by atoms with Crippen LogP contribution in [0.4, 0.5) is 24.5 Å². The zero-order valence-electron chi connectivity index (χ0n) is 14.4. The first-order valence-electron chi connectivity index (χ1n) is 8.35. The molecule has 0 bridgehead atoms. The molecule has 0 spiro atoms. The molecule has 1 N–H and O–H groups in total. The maximum absolute atomic E-state index is 13.0. The number of ether oxygens (including phenoxy) is 1. The zero-order chi connectivity index (χ0) is 18.6. The van der Waals surface area contributed by atoms with E-state index in [-0.39, 0.29) is 5.69 Å². The Kier molecular flexibility index (Phi) is 5.46. The molecule has 1 heterocycles. The fraction of sp³-hybridized carbons (Fsp3) is 0.316. The van der Waals surface area contributed by atoms with Crippen molar-refractivity contribution in [3.05, 3.63) is 59.7 Å². The van der Waals surface area contributed by atoms with Gasteiger partial charge in [0.1, 0.15) is 0 Å². The van der Waals surface area contributed by atoms with Crippen molar-refractivity contribution in [3.8, 4) is 0 Å². The molecule has 1 saturated heterocycles. The first kappa shape index (κ1) is 18.3. The highest BCUT2D eigenvalue weighted by molar-refractivity contribution is 5.99. The van der Waals surface area contributed by atoms with Crippen LogP contribution in [0.15, 0.2) is 53.6 Å². The summed E-state index contributed by atoms with van der Waals surface area (Å²) in [5.74, 6) is 0. The second-order valence-electron chi connectivity index (χ2n) is 6.00. The van der Waals surface area contributed by atoms with Crippen LogP contribution >= 0.6 is 0 Å². The lowest BCUT2D eigenvalue weighted by Crippen LogP contribution is -2.36. The molecule has 2 aromatic carbocycles. The number of hydrogen-bond donors (Lipinski definition) is 1. The van der Waals surface area contributed by atoms with Crippen molar-refractivity contribution >= 4 is 17.1 Å². The number of hydrogen-bond acceptors (Lipinski definition) is 4. The number of halogens is 3. The van der Waals surface area contributed by atoms with E-state index in [9.17, 15) is 13.2 Å². The minimum absolute atomic E-state index is 0.0655. The van der Waals surface area contributed by atoms with Crippen molar-refractivity contribution in [2.45, 2.75) is 13.1 Å². The first-order chi connectivity index (χ1) is 12.4. The number of nitrogens with zero attached hydrogens (tertiary/aromatic N) is 2. The van der Waals surface area contributed by atoms with Crippen molar-refractivity contribution in [2.75, 3.05) is 36.6 Å². The summed E-state index contributed by atoms with van der Waals surface area (Å²) in [6.07, 6.45) is -4.42. The average molecular weight is 363 g/mol. The summed E-state index contributed by atoms with van der Waals surface area (Å²) < 4.78 is 44.4. The quantitative estimate of drug-likeness (QED) is 0.647. The predicted octanol–water partition coefficient (Wildman–Crippen LogP) is 4.38. The molecule has 7 heteroatoms. The van der Waals surface area contributed by atoms with Gasteiger partial charge in [0.25, 0.3) is 0 Å². The lowest BCUT2D eigenvalue weighted by Gasteiger charge is -2.28. The Morgan fingerprint density at radius 3 is 2.35 bits per heavy atom. The van der Waals surface area contributed by atoms with E-state index in [4.69, 9.17) is 4.74 Å². The third-order valence-corrected chi connectivity index (χ3v) is 4.24. The number of morpholine rings is 1. The van der Waals surface area contributed by atoms with Gasteiger partial charge in [0.2, 0.25) is 0 Å². The number of para-hydroxylation sites is 1. The topological polar surface area (TPSA) is 36.9 Å². The third kappa shape index (κ3) is 4.35. The lowest BCUT2D eigenvalue weighted by atomic mass is 10.1. The summed E-state index contributed by atoms with van der Waals surface area (Å²) in [6, 6.07) is 13.1. The second kappa shape index (κ2) is 7.78. The number of nitrogens with one attached hydrogen (secondary N) is 1. The molecule has 0 saturated carbocycles. The van der Waals surface area contributed by atoms with Gasteiger partial charge in [0.15, 0.2) is 0 Å². The van der Waals surface area contributed by atoms with Gasteiger partial charge < -0.3 is 9.64 Å². The molecule has 2 aromatic rings. The van der Waals surface area contributed by atoms with Gasteiger partial charge in [-0.15, -0.1) is 0 Å². The summed E-state index contributed by atoms with van der Waals surface area (Å²) in [6.45, 7) is 4.88. The molecule has 1 aliphatic heterocycles. The van der Waals surface area contributed by atoms with Crippen molar-refractivity contribution in [1.82, 2.24) is 0 Å². The summed E-state index contributed by atoms with van der Waals surface area (Å²) in [7, 11) is 0. The van der Waals surface area contributed by atoms with Gasteiger partial charge in [-0.2, -0.15) is 18.3 Å². The van der Waals surface area contributed by atoms with E-state index < -0.39 is 11.7 Å². The molecule has 0 aliphatic carbocycles. The summed E-state index contributed by atoms with van der Waals surface area (Å²) in [4.78, 5) is 2.23.